The predicted molar refractivity (Wildman–Crippen MR) is 47.3 cm³/mol. The van der Waals surface area contributed by atoms with E-state index in [1.54, 1.807) is 24.3 Å². The zero-order valence-corrected chi connectivity index (χ0v) is 6.79. The Labute approximate surface area is 73.6 Å². The lowest BCUT2D eigenvalue weighted by Gasteiger charge is -1.97. The molecule has 0 fully saturated rings. The van der Waals surface area contributed by atoms with Gasteiger partial charge < -0.3 is 4.42 Å². The van der Waals surface area contributed by atoms with Crippen molar-refractivity contribution in [2.24, 2.45) is 0 Å². The number of halogens is 1. The Morgan fingerprint density at radius 3 is 2.85 bits per heavy atom. The van der Waals surface area contributed by atoms with Crippen molar-refractivity contribution in [2.75, 3.05) is 0 Å². The van der Waals surface area contributed by atoms with E-state index in [9.17, 15) is 9.18 Å². The minimum Gasteiger partial charge on any atom is -0.458 e. The van der Waals surface area contributed by atoms with Gasteiger partial charge in [-0.05, 0) is 12.1 Å². The summed E-state index contributed by atoms with van der Waals surface area (Å²) in [5, 5.41) is 0.486. The second kappa shape index (κ2) is 3.01. The summed E-state index contributed by atoms with van der Waals surface area (Å²) in [5.74, 6) is 0.0729. The third-order valence-electron chi connectivity index (χ3n) is 1.82. The molecular formula is C10H7FO2. The maximum Gasteiger partial charge on any atom is 0.193 e. The Bertz CT molecular complexity index is 487. The SMILES string of the molecule is O=c1cc(CF)oc2ccccc12. The molecule has 2 nitrogen and oxygen atoms in total. The lowest BCUT2D eigenvalue weighted by Crippen LogP contribution is -2.00. The monoisotopic (exact) mass is 178 g/mol. The molecule has 1 heterocycles. The maximum atomic E-state index is 12.2. The van der Waals surface area contributed by atoms with Gasteiger partial charge >= 0.3 is 0 Å². The fourth-order valence-electron chi connectivity index (χ4n) is 1.22. The molecule has 1 aromatic heterocycles. The van der Waals surface area contributed by atoms with E-state index in [2.05, 4.69) is 0 Å². The second-order valence-corrected chi connectivity index (χ2v) is 2.71. The molecule has 13 heavy (non-hydrogen) atoms. The van der Waals surface area contributed by atoms with Gasteiger partial charge in [-0.15, -0.1) is 0 Å². The largest absolute Gasteiger partial charge is 0.458 e. The van der Waals surface area contributed by atoms with Crippen LogP contribution in [0.25, 0.3) is 11.0 Å². The average molecular weight is 178 g/mol. The number of hydrogen-bond donors (Lipinski definition) is 0. The number of rotatable bonds is 1. The van der Waals surface area contributed by atoms with Gasteiger partial charge in [0.2, 0.25) is 0 Å². The molecular weight excluding hydrogens is 171 g/mol. The molecule has 3 heteroatoms. The summed E-state index contributed by atoms with van der Waals surface area (Å²) in [5.41, 5.74) is 0.233. The lowest BCUT2D eigenvalue weighted by molar-refractivity contribution is 0.401. The molecule has 66 valence electrons. The van der Waals surface area contributed by atoms with Gasteiger partial charge in [-0.1, -0.05) is 12.1 Å². The molecule has 0 aliphatic carbocycles. The number of para-hydroxylation sites is 1. The van der Waals surface area contributed by atoms with Crippen molar-refractivity contribution in [1.82, 2.24) is 0 Å². The average Bonchev–Trinajstić information content (AvgIpc) is 2.18. The van der Waals surface area contributed by atoms with E-state index >= 15 is 0 Å². The lowest BCUT2D eigenvalue weighted by atomic mass is 10.2. The van der Waals surface area contributed by atoms with Gasteiger partial charge in [-0.2, -0.15) is 0 Å². The Balaban J connectivity index is 2.85. The summed E-state index contributed by atoms with van der Waals surface area (Å²) in [7, 11) is 0. The molecule has 0 amide bonds. The summed E-state index contributed by atoms with van der Waals surface area (Å²) in [6.07, 6.45) is 0. The summed E-state index contributed by atoms with van der Waals surface area (Å²) in [4.78, 5) is 11.3. The quantitative estimate of drug-likeness (QED) is 0.670. The highest BCUT2D eigenvalue weighted by molar-refractivity contribution is 5.75. The van der Waals surface area contributed by atoms with Gasteiger partial charge in [0, 0.05) is 6.07 Å². The van der Waals surface area contributed by atoms with Crippen LogP contribution in [-0.4, -0.2) is 0 Å². The van der Waals surface area contributed by atoms with Crippen LogP contribution >= 0.6 is 0 Å². The highest BCUT2D eigenvalue weighted by Gasteiger charge is 2.02. The van der Waals surface area contributed by atoms with Gasteiger partial charge in [0.25, 0.3) is 0 Å². The summed E-state index contributed by atoms with van der Waals surface area (Å²) in [6.45, 7) is -0.750. The van der Waals surface area contributed by atoms with Crippen molar-refractivity contribution >= 4 is 11.0 Å². The predicted octanol–water partition coefficient (Wildman–Crippen LogP) is 2.26. The van der Waals surface area contributed by atoms with Gasteiger partial charge in [-0.3, -0.25) is 4.79 Å². The summed E-state index contributed by atoms with van der Waals surface area (Å²) in [6, 6.07) is 7.98. The molecule has 0 bridgehead atoms. The van der Waals surface area contributed by atoms with Crippen LogP contribution in [0.1, 0.15) is 5.76 Å². The molecule has 0 aliphatic rings. The van der Waals surface area contributed by atoms with Crippen LogP contribution in [0.4, 0.5) is 4.39 Å². The van der Waals surface area contributed by atoms with Crippen molar-refractivity contribution in [3.8, 4) is 0 Å². The van der Waals surface area contributed by atoms with Gasteiger partial charge in [0.1, 0.15) is 18.0 Å². The molecule has 0 spiro atoms. The first-order valence-electron chi connectivity index (χ1n) is 3.89. The third kappa shape index (κ3) is 1.33. The van der Waals surface area contributed by atoms with E-state index in [0.29, 0.717) is 11.0 Å². The van der Waals surface area contributed by atoms with E-state index in [0.717, 1.165) is 0 Å². The van der Waals surface area contributed by atoms with Gasteiger partial charge in [-0.25, -0.2) is 4.39 Å². The van der Waals surface area contributed by atoms with Crippen molar-refractivity contribution in [3.05, 3.63) is 46.3 Å². The van der Waals surface area contributed by atoms with E-state index in [1.807, 2.05) is 0 Å². The van der Waals surface area contributed by atoms with Gasteiger partial charge in [0.05, 0.1) is 5.39 Å². The van der Waals surface area contributed by atoms with Crippen LogP contribution in [0.3, 0.4) is 0 Å². The first kappa shape index (κ1) is 7.98. The van der Waals surface area contributed by atoms with Crippen molar-refractivity contribution in [2.45, 2.75) is 6.67 Å². The molecule has 2 rings (SSSR count). The van der Waals surface area contributed by atoms with Crippen LogP contribution < -0.4 is 5.43 Å². The zero-order valence-electron chi connectivity index (χ0n) is 6.79. The fraction of sp³-hybridized carbons (Fsp3) is 0.100. The highest BCUT2D eigenvalue weighted by Crippen LogP contribution is 2.11. The Kier molecular flexibility index (Phi) is 1.85. The van der Waals surface area contributed by atoms with Crippen LogP contribution in [0.5, 0.6) is 0 Å². The van der Waals surface area contributed by atoms with E-state index in [4.69, 9.17) is 4.42 Å². The maximum absolute atomic E-state index is 12.2. The molecule has 2 aromatic rings. The number of alkyl halides is 1. The normalized spacial score (nSPS) is 10.5. The first-order chi connectivity index (χ1) is 6.31. The van der Waals surface area contributed by atoms with Crippen LogP contribution in [-0.2, 0) is 6.67 Å². The first-order valence-corrected chi connectivity index (χ1v) is 3.89. The smallest absolute Gasteiger partial charge is 0.193 e. The fourth-order valence-corrected chi connectivity index (χ4v) is 1.22. The molecule has 0 N–H and O–H groups in total. The topological polar surface area (TPSA) is 30.2 Å². The molecule has 0 aliphatic heterocycles. The van der Waals surface area contributed by atoms with E-state index < -0.39 is 6.67 Å². The molecule has 0 saturated heterocycles. The molecule has 0 saturated carbocycles. The molecule has 0 atom stereocenters. The van der Waals surface area contributed by atoms with Crippen molar-refractivity contribution in [1.29, 1.82) is 0 Å². The number of benzene rings is 1. The number of fused-ring (bicyclic) bond motifs is 1. The Hall–Kier alpha value is -1.64. The number of hydrogen-bond acceptors (Lipinski definition) is 2. The van der Waals surface area contributed by atoms with Crippen molar-refractivity contribution in [3.63, 3.8) is 0 Å². The van der Waals surface area contributed by atoms with E-state index in [-0.39, 0.29) is 11.2 Å². The van der Waals surface area contributed by atoms with E-state index in [1.165, 1.54) is 6.07 Å². The molecule has 0 unspecified atom stereocenters. The molecule has 0 radical (unpaired) electrons. The zero-order chi connectivity index (χ0) is 9.26. The van der Waals surface area contributed by atoms with Crippen molar-refractivity contribution < 1.29 is 8.81 Å². The third-order valence-corrected chi connectivity index (χ3v) is 1.82. The Morgan fingerprint density at radius 2 is 2.08 bits per heavy atom. The van der Waals surface area contributed by atoms with Gasteiger partial charge in [0.15, 0.2) is 5.43 Å². The highest BCUT2D eigenvalue weighted by atomic mass is 19.1. The summed E-state index contributed by atoms with van der Waals surface area (Å²) < 4.78 is 17.3. The van der Waals surface area contributed by atoms with Crippen LogP contribution in [0.15, 0.2) is 39.5 Å². The Morgan fingerprint density at radius 1 is 1.31 bits per heavy atom. The minimum atomic E-state index is -0.750. The summed E-state index contributed by atoms with van der Waals surface area (Å²) >= 11 is 0. The second-order valence-electron chi connectivity index (χ2n) is 2.71. The standard InChI is InChI=1S/C10H7FO2/c11-6-7-5-9(12)8-3-1-2-4-10(8)13-7/h1-5H,6H2. The molecule has 1 aromatic carbocycles. The van der Waals surface area contributed by atoms with Crippen LogP contribution in [0, 0.1) is 0 Å². The van der Waals surface area contributed by atoms with Crippen LogP contribution in [0.2, 0.25) is 0 Å². The minimum absolute atomic E-state index is 0.0729.